The second kappa shape index (κ2) is 7.51. The summed E-state index contributed by atoms with van der Waals surface area (Å²) in [6, 6.07) is 14.9. The topological polar surface area (TPSA) is 124 Å². The molecule has 1 N–H and O–H groups in total. The Hall–Kier alpha value is -2.62. The fourth-order valence-electron chi connectivity index (χ4n) is 3.99. The molecule has 1 aromatic heterocycles. The number of aromatic nitrogens is 1. The van der Waals surface area contributed by atoms with Gasteiger partial charge in [-0.1, -0.05) is 30.3 Å². The first kappa shape index (κ1) is 21.6. The molecule has 9 heteroatoms. The standard InChI is InChI=1S/C22H13NO6S.Na/c24-19-10-11(30(27,28)29)9-16-12-5-8-18(23-17(12)7-6-13(16)19)20-21(25)14-3-1-2-4-15(14)22(20)26;/h1-10,20,23H,(H,27,28,29);/q;+1/p-1. The van der Waals surface area contributed by atoms with Crippen LogP contribution in [-0.4, -0.2) is 29.5 Å². The number of rotatable bonds is 2. The zero-order valence-electron chi connectivity index (χ0n) is 16.2. The number of Topliss-reactive ketones (excluding diaryl/α,β-unsaturated/α-hetero) is 2. The van der Waals surface area contributed by atoms with Gasteiger partial charge in [0.25, 0.3) is 0 Å². The number of aromatic amines is 1. The van der Waals surface area contributed by atoms with Gasteiger partial charge in [0.15, 0.2) is 17.0 Å². The van der Waals surface area contributed by atoms with E-state index in [0.29, 0.717) is 33.1 Å². The molecule has 5 rings (SSSR count). The number of nitrogens with one attached hydrogen (secondary N) is 1. The van der Waals surface area contributed by atoms with Gasteiger partial charge in [0.1, 0.15) is 16.0 Å². The zero-order valence-corrected chi connectivity index (χ0v) is 19.0. The molecule has 7 nitrogen and oxygen atoms in total. The molecule has 0 atom stereocenters. The van der Waals surface area contributed by atoms with Crippen molar-refractivity contribution in [2.24, 2.45) is 0 Å². The Kier molecular flexibility index (Phi) is 5.23. The summed E-state index contributed by atoms with van der Waals surface area (Å²) in [4.78, 5) is 40.3. The Morgan fingerprint density at radius 3 is 2.00 bits per heavy atom. The predicted octanol–water partition coefficient (Wildman–Crippen LogP) is -0.248. The molecule has 0 saturated carbocycles. The summed E-state index contributed by atoms with van der Waals surface area (Å²) in [5, 5.41) is 1.05. The van der Waals surface area contributed by atoms with Crippen LogP contribution in [0.5, 0.6) is 0 Å². The second-order valence-corrected chi connectivity index (χ2v) is 8.50. The largest absolute Gasteiger partial charge is 1.00 e. The van der Waals surface area contributed by atoms with Crippen molar-refractivity contribution in [3.63, 3.8) is 0 Å². The van der Waals surface area contributed by atoms with E-state index in [9.17, 15) is 27.4 Å². The summed E-state index contributed by atoms with van der Waals surface area (Å²) < 4.78 is 34.2. The maximum atomic E-state index is 12.8. The molecule has 31 heavy (non-hydrogen) atoms. The number of ketones is 2. The number of hydrogen-bond donors (Lipinski definition) is 1. The van der Waals surface area contributed by atoms with Crippen LogP contribution in [0.25, 0.3) is 21.7 Å². The fraction of sp³-hybridized carbons (Fsp3) is 0.0455. The van der Waals surface area contributed by atoms with E-state index in [0.717, 1.165) is 12.1 Å². The van der Waals surface area contributed by atoms with Gasteiger partial charge in [-0.25, -0.2) is 8.42 Å². The number of fused-ring (bicyclic) bond motifs is 4. The van der Waals surface area contributed by atoms with Crippen molar-refractivity contribution in [3.8, 4) is 0 Å². The van der Waals surface area contributed by atoms with E-state index in [1.165, 1.54) is 6.07 Å². The molecule has 0 fully saturated rings. The van der Waals surface area contributed by atoms with Crippen molar-refractivity contribution in [2.45, 2.75) is 10.8 Å². The van der Waals surface area contributed by atoms with Crippen molar-refractivity contribution >= 4 is 43.4 Å². The van der Waals surface area contributed by atoms with Crippen LogP contribution in [0.2, 0.25) is 0 Å². The Balaban J connectivity index is 0.00000231. The van der Waals surface area contributed by atoms with Crippen molar-refractivity contribution in [3.05, 3.63) is 87.7 Å². The van der Waals surface area contributed by atoms with E-state index in [1.807, 2.05) is 0 Å². The molecule has 3 aromatic carbocycles. The Labute approximate surface area is 198 Å². The summed E-state index contributed by atoms with van der Waals surface area (Å²) in [7, 11) is -4.80. The monoisotopic (exact) mass is 441 g/mol. The van der Waals surface area contributed by atoms with Crippen molar-refractivity contribution in [2.75, 3.05) is 0 Å². The number of benzene rings is 3. The van der Waals surface area contributed by atoms with Crippen LogP contribution in [0.3, 0.4) is 0 Å². The average Bonchev–Trinajstić information content (AvgIpc) is 2.97. The number of hydrogen-bond acceptors (Lipinski definition) is 6. The number of carbonyl (C=O) groups excluding carboxylic acids is 2. The van der Waals surface area contributed by atoms with Crippen molar-refractivity contribution in [1.29, 1.82) is 0 Å². The molecule has 0 aliphatic heterocycles. The fourth-order valence-corrected chi connectivity index (χ4v) is 4.51. The van der Waals surface area contributed by atoms with Crippen LogP contribution in [0.1, 0.15) is 32.3 Å². The van der Waals surface area contributed by atoms with Crippen LogP contribution in [0, 0.1) is 0 Å². The number of pyridine rings is 1. The first-order chi connectivity index (χ1) is 14.3. The third-order valence-electron chi connectivity index (χ3n) is 5.40. The number of carbonyl (C=O) groups is 2. The Bertz CT molecular complexity index is 1550. The van der Waals surface area contributed by atoms with Gasteiger partial charge in [-0.2, -0.15) is 0 Å². The first-order valence-corrected chi connectivity index (χ1v) is 10.4. The van der Waals surface area contributed by atoms with Crippen molar-refractivity contribution < 1.29 is 52.1 Å². The average molecular weight is 441 g/mol. The van der Waals surface area contributed by atoms with Gasteiger partial charge in [-0.15, -0.1) is 0 Å². The van der Waals surface area contributed by atoms with E-state index in [4.69, 9.17) is 0 Å². The first-order valence-electron chi connectivity index (χ1n) is 8.99. The summed E-state index contributed by atoms with van der Waals surface area (Å²) in [5.74, 6) is -1.59. The third kappa shape index (κ3) is 3.37. The molecule has 0 bridgehead atoms. The maximum Gasteiger partial charge on any atom is 1.00 e. The molecule has 1 heterocycles. The van der Waals surface area contributed by atoms with Crippen LogP contribution in [-0.2, 0) is 10.1 Å². The molecule has 0 unspecified atom stereocenters. The summed E-state index contributed by atoms with van der Waals surface area (Å²) in [5.41, 5.74) is 1.06. The second-order valence-electron chi connectivity index (χ2n) is 7.12. The van der Waals surface area contributed by atoms with Gasteiger partial charge in [-0.05, 0) is 29.7 Å². The van der Waals surface area contributed by atoms with Crippen LogP contribution in [0.4, 0.5) is 0 Å². The molecule has 1 aliphatic carbocycles. The zero-order chi connectivity index (χ0) is 21.2. The van der Waals surface area contributed by atoms with E-state index in [1.54, 1.807) is 42.5 Å². The Morgan fingerprint density at radius 2 is 1.39 bits per heavy atom. The quantitative estimate of drug-likeness (QED) is 0.198. The van der Waals surface area contributed by atoms with Gasteiger partial charge in [0.05, 0.1) is 4.90 Å². The molecule has 0 amide bonds. The molecule has 0 saturated heterocycles. The van der Waals surface area contributed by atoms with Crippen LogP contribution in [0.15, 0.2) is 70.4 Å². The smallest absolute Gasteiger partial charge is 0.744 e. The van der Waals surface area contributed by atoms with Gasteiger partial charge < -0.3 is 9.54 Å². The summed E-state index contributed by atoms with van der Waals surface area (Å²) >= 11 is 0. The van der Waals surface area contributed by atoms with Crippen LogP contribution >= 0.6 is 0 Å². The normalized spacial score (nSPS) is 14.1. The molecule has 0 radical (unpaired) electrons. The SMILES string of the molecule is O=C1c2ccccc2C(=O)C1c1ccc2c(ccc3c(=O)cc(S(=O)(=O)[O-])cc32)[nH]1.[Na+]. The minimum Gasteiger partial charge on any atom is -0.744 e. The molecule has 1 aliphatic rings. The molecule has 4 aromatic rings. The Morgan fingerprint density at radius 1 is 0.774 bits per heavy atom. The van der Waals surface area contributed by atoms with E-state index in [-0.39, 0.29) is 46.5 Å². The number of H-pyrrole nitrogens is 1. The molecular formula is C22H12NNaO6S. The molecular weight excluding hydrogens is 429 g/mol. The van der Waals surface area contributed by atoms with Crippen molar-refractivity contribution in [1.82, 2.24) is 4.98 Å². The van der Waals surface area contributed by atoms with E-state index < -0.39 is 26.4 Å². The summed E-state index contributed by atoms with van der Waals surface area (Å²) in [6.45, 7) is 0. The van der Waals surface area contributed by atoms with E-state index >= 15 is 0 Å². The van der Waals surface area contributed by atoms with Gasteiger partial charge >= 0.3 is 29.6 Å². The predicted molar refractivity (Wildman–Crippen MR) is 108 cm³/mol. The minimum atomic E-state index is -4.80. The van der Waals surface area contributed by atoms with E-state index in [2.05, 4.69) is 4.98 Å². The van der Waals surface area contributed by atoms with Gasteiger partial charge in [-0.3, -0.25) is 14.4 Å². The maximum absolute atomic E-state index is 12.8. The minimum absolute atomic E-state index is 0. The summed E-state index contributed by atoms with van der Waals surface area (Å²) in [6.07, 6.45) is 0. The van der Waals surface area contributed by atoms with Gasteiger partial charge in [0.2, 0.25) is 0 Å². The van der Waals surface area contributed by atoms with Crippen LogP contribution < -0.4 is 35.0 Å². The molecule has 0 spiro atoms. The van der Waals surface area contributed by atoms with Gasteiger partial charge in [0, 0.05) is 39.2 Å². The third-order valence-corrected chi connectivity index (χ3v) is 6.22. The molecule has 148 valence electrons.